The number of hydrogen-bond acceptors (Lipinski definition) is 2. The lowest BCUT2D eigenvalue weighted by Gasteiger charge is -2.07. The summed E-state index contributed by atoms with van der Waals surface area (Å²) in [7, 11) is 0. The van der Waals surface area contributed by atoms with Gasteiger partial charge in [-0.3, -0.25) is 0 Å². The molecule has 1 aliphatic carbocycles. The number of hydrogen-bond donors (Lipinski definition) is 1. The minimum atomic E-state index is -0.418. The van der Waals surface area contributed by atoms with Crippen LogP contribution in [-0.4, -0.2) is 12.1 Å². The van der Waals surface area contributed by atoms with E-state index in [9.17, 15) is 9.18 Å². The number of benzene rings is 1. The van der Waals surface area contributed by atoms with E-state index in [2.05, 4.69) is 21.2 Å². The van der Waals surface area contributed by atoms with Gasteiger partial charge in [-0.15, -0.1) is 0 Å². The average molecular weight is 288 g/mol. The summed E-state index contributed by atoms with van der Waals surface area (Å²) in [6, 6.07) is 4.55. The van der Waals surface area contributed by atoms with Crippen molar-refractivity contribution >= 4 is 22.0 Å². The third-order valence-corrected chi connectivity index (χ3v) is 3.01. The van der Waals surface area contributed by atoms with E-state index in [1.165, 1.54) is 12.1 Å². The number of halogens is 2. The molecule has 1 amide bonds. The smallest absolute Gasteiger partial charge is 0.407 e. The van der Waals surface area contributed by atoms with Gasteiger partial charge in [0.05, 0.1) is 0 Å². The van der Waals surface area contributed by atoms with Crippen molar-refractivity contribution in [1.29, 1.82) is 0 Å². The normalized spacial score (nSPS) is 14.6. The molecule has 0 radical (unpaired) electrons. The van der Waals surface area contributed by atoms with Crippen LogP contribution in [0.4, 0.5) is 9.18 Å². The van der Waals surface area contributed by atoms with Gasteiger partial charge in [0.25, 0.3) is 0 Å². The standard InChI is InChI=1S/C11H11BrFNO2/c12-10-5-8(13)2-1-7(10)6-16-11(15)14-9-3-4-9/h1-2,5,9H,3-4,6H2,(H,14,15). The molecule has 2 rings (SSSR count). The number of carbonyl (C=O) groups excluding carboxylic acids is 1. The predicted molar refractivity (Wildman–Crippen MR) is 60.4 cm³/mol. The zero-order chi connectivity index (χ0) is 11.5. The maximum atomic E-state index is 12.8. The highest BCUT2D eigenvalue weighted by molar-refractivity contribution is 9.10. The molecular weight excluding hydrogens is 277 g/mol. The van der Waals surface area contributed by atoms with Gasteiger partial charge in [0.15, 0.2) is 0 Å². The zero-order valence-corrected chi connectivity index (χ0v) is 10.1. The van der Waals surface area contributed by atoms with Crippen LogP contribution >= 0.6 is 15.9 Å². The fraction of sp³-hybridized carbons (Fsp3) is 0.364. The summed E-state index contributed by atoms with van der Waals surface area (Å²) in [5.74, 6) is -0.321. The quantitative estimate of drug-likeness (QED) is 0.928. The van der Waals surface area contributed by atoms with Crippen molar-refractivity contribution in [2.45, 2.75) is 25.5 Å². The number of alkyl carbamates (subject to hydrolysis) is 1. The SMILES string of the molecule is O=C(NC1CC1)OCc1ccc(F)cc1Br. The number of rotatable bonds is 3. The Kier molecular flexibility index (Phi) is 3.43. The number of carbonyl (C=O) groups is 1. The first-order valence-electron chi connectivity index (χ1n) is 5.02. The van der Waals surface area contributed by atoms with E-state index in [1.54, 1.807) is 6.07 Å². The van der Waals surface area contributed by atoms with Gasteiger partial charge >= 0.3 is 6.09 Å². The third-order valence-electron chi connectivity index (χ3n) is 2.27. The van der Waals surface area contributed by atoms with Crippen molar-refractivity contribution in [3.05, 3.63) is 34.1 Å². The van der Waals surface area contributed by atoms with E-state index in [-0.39, 0.29) is 18.5 Å². The van der Waals surface area contributed by atoms with Crippen molar-refractivity contribution < 1.29 is 13.9 Å². The summed E-state index contributed by atoms with van der Waals surface area (Å²) in [6.07, 6.45) is 1.63. The zero-order valence-electron chi connectivity index (χ0n) is 8.50. The minimum Gasteiger partial charge on any atom is -0.445 e. The van der Waals surface area contributed by atoms with Gasteiger partial charge in [-0.2, -0.15) is 0 Å². The molecule has 1 N–H and O–H groups in total. The second-order valence-corrected chi connectivity index (χ2v) is 4.58. The average Bonchev–Trinajstić information content (AvgIpc) is 3.00. The van der Waals surface area contributed by atoms with Crippen LogP contribution in [-0.2, 0) is 11.3 Å². The van der Waals surface area contributed by atoms with Crippen molar-refractivity contribution in [1.82, 2.24) is 5.32 Å². The number of ether oxygens (including phenoxy) is 1. The molecule has 0 saturated heterocycles. The van der Waals surface area contributed by atoms with Crippen LogP contribution in [0, 0.1) is 5.82 Å². The van der Waals surface area contributed by atoms with Crippen LogP contribution in [0.2, 0.25) is 0 Å². The Balaban J connectivity index is 1.85. The summed E-state index contributed by atoms with van der Waals surface area (Å²) >= 11 is 3.21. The molecule has 1 aliphatic rings. The Morgan fingerprint density at radius 2 is 2.31 bits per heavy atom. The highest BCUT2D eigenvalue weighted by Crippen LogP contribution is 2.20. The Morgan fingerprint density at radius 3 is 2.94 bits per heavy atom. The summed E-state index contributed by atoms with van der Waals surface area (Å²) in [4.78, 5) is 11.2. The number of nitrogens with one attached hydrogen (secondary N) is 1. The Bertz CT molecular complexity index is 407. The monoisotopic (exact) mass is 287 g/mol. The summed E-state index contributed by atoms with van der Waals surface area (Å²) in [6.45, 7) is 0.138. The molecule has 0 aliphatic heterocycles. The molecule has 0 spiro atoms. The molecule has 0 aromatic heterocycles. The van der Waals surface area contributed by atoms with Crippen LogP contribution in [0.3, 0.4) is 0 Å². The molecule has 1 aromatic rings. The number of amides is 1. The van der Waals surface area contributed by atoms with E-state index >= 15 is 0 Å². The first kappa shape index (κ1) is 11.4. The molecular formula is C11H11BrFNO2. The lowest BCUT2D eigenvalue weighted by Crippen LogP contribution is -2.26. The van der Waals surface area contributed by atoms with E-state index in [4.69, 9.17) is 4.74 Å². The van der Waals surface area contributed by atoms with Crippen molar-refractivity contribution in [2.24, 2.45) is 0 Å². The molecule has 1 fully saturated rings. The Labute approximate surface area is 101 Å². The van der Waals surface area contributed by atoms with Crippen LogP contribution in [0.15, 0.2) is 22.7 Å². The van der Waals surface area contributed by atoms with Gasteiger partial charge in [0.1, 0.15) is 12.4 Å². The second-order valence-electron chi connectivity index (χ2n) is 3.73. The predicted octanol–water partition coefficient (Wildman–Crippen LogP) is 2.98. The molecule has 0 unspecified atom stereocenters. The molecule has 1 saturated carbocycles. The molecule has 0 bridgehead atoms. The highest BCUT2D eigenvalue weighted by atomic mass is 79.9. The largest absolute Gasteiger partial charge is 0.445 e. The molecule has 3 nitrogen and oxygen atoms in total. The molecule has 86 valence electrons. The fourth-order valence-corrected chi connectivity index (χ4v) is 1.68. The molecule has 0 heterocycles. The van der Waals surface area contributed by atoms with E-state index in [0.29, 0.717) is 4.47 Å². The summed E-state index contributed by atoms with van der Waals surface area (Å²) < 4.78 is 18.4. The summed E-state index contributed by atoms with van der Waals surface area (Å²) in [5, 5.41) is 2.70. The van der Waals surface area contributed by atoms with Crippen molar-refractivity contribution in [3.8, 4) is 0 Å². The van der Waals surface area contributed by atoms with E-state index in [0.717, 1.165) is 18.4 Å². The Hall–Kier alpha value is -1.10. The highest BCUT2D eigenvalue weighted by Gasteiger charge is 2.23. The van der Waals surface area contributed by atoms with Crippen LogP contribution in [0.5, 0.6) is 0 Å². The van der Waals surface area contributed by atoms with Crippen LogP contribution in [0.1, 0.15) is 18.4 Å². The fourth-order valence-electron chi connectivity index (χ4n) is 1.22. The Morgan fingerprint density at radius 1 is 1.56 bits per heavy atom. The molecule has 16 heavy (non-hydrogen) atoms. The maximum absolute atomic E-state index is 12.8. The van der Waals surface area contributed by atoms with Gasteiger partial charge in [-0.25, -0.2) is 9.18 Å². The second kappa shape index (κ2) is 4.82. The molecule has 5 heteroatoms. The minimum absolute atomic E-state index is 0.138. The third kappa shape index (κ3) is 3.20. The lowest BCUT2D eigenvalue weighted by molar-refractivity contribution is 0.139. The van der Waals surface area contributed by atoms with Gasteiger partial charge < -0.3 is 10.1 Å². The topological polar surface area (TPSA) is 38.3 Å². The maximum Gasteiger partial charge on any atom is 0.407 e. The van der Waals surface area contributed by atoms with Crippen LogP contribution in [0.25, 0.3) is 0 Å². The van der Waals surface area contributed by atoms with E-state index in [1.807, 2.05) is 0 Å². The molecule has 1 aromatic carbocycles. The van der Waals surface area contributed by atoms with E-state index < -0.39 is 6.09 Å². The molecule has 0 atom stereocenters. The van der Waals surface area contributed by atoms with Crippen molar-refractivity contribution in [2.75, 3.05) is 0 Å². The van der Waals surface area contributed by atoms with Crippen molar-refractivity contribution in [3.63, 3.8) is 0 Å². The van der Waals surface area contributed by atoms with Gasteiger partial charge in [0, 0.05) is 16.1 Å². The lowest BCUT2D eigenvalue weighted by atomic mass is 10.2. The van der Waals surface area contributed by atoms with Gasteiger partial charge in [0.2, 0.25) is 0 Å². The first-order valence-corrected chi connectivity index (χ1v) is 5.81. The van der Waals surface area contributed by atoms with Gasteiger partial charge in [-0.1, -0.05) is 22.0 Å². The van der Waals surface area contributed by atoms with Gasteiger partial charge in [-0.05, 0) is 25.0 Å². The summed E-state index contributed by atoms with van der Waals surface area (Å²) in [5.41, 5.74) is 0.743. The first-order chi connectivity index (χ1) is 7.65. The van der Waals surface area contributed by atoms with Crippen LogP contribution < -0.4 is 5.32 Å².